The maximum absolute atomic E-state index is 13.1. The Hall–Kier alpha value is -2.70. The van der Waals surface area contributed by atoms with Gasteiger partial charge in [-0.3, -0.25) is 9.69 Å². The highest BCUT2D eigenvalue weighted by atomic mass is 32.2. The van der Waals surface area contributed by atoms with Gasteiger partial charge in [0.2, 0.25) is 17.5 Å². The van der Waals surface area contributed by atoms with E-state index in [1.54, 1.807) is 12.1 Å². The van der Waals surface area contributed by atoms with Crippen LogP contribution in [-0.2, 0) is 11.3 Å². The van der Waals surface area contributed by atoms with Crippen molar-refractivity contribution in [2.24, 2.45) is 0 Å². The third-order valence-corrected chi connectivity index (χ3v) is 6.13. The number of nitrogens with zero attached hydrogens (tertiary/aromatic N) is 4. The molecule has 9 heteroatoms. The van der Waals surface area contributed by atoms with E-state index in [1.807, 2.05) is 4.90 Å². The molecule has 2 aliphatic heterocycles. The van der Waals surface area contributed by atoms with Crippen molar-refractivity contribution in [2.75, 3.05) is 18.0 Å². The number of piperidine rings is 1. The van der Waals surface area contributed by atoms with Crippen molar-refractivity contribution in [2.45, 2.75) is 25.8 Å². The highest BCUT2D eigenvalue weighted by molar-refractivity contribution is 8.26. The zero-order valence-electron chi connectivity index (χ0n) is 15.4. The summed E-state index contributed by atoms with van der Waals surface area (Å²) in [7, 11) is 0. The summed E-state index contributed by atoms with van der Waals surface area (Å²) >= 11 is 6.49. The summed E-state index contributed by atoms with van der Waals surface area (Å²) in [6.07, 6.45) is 4.78. The average Bonchev–Trinajstić information content (AvgIpc) is 3.26. The van der Waals surface area contributed by atoms with Gasteiger partial charge in [-0.15, -0.1) is 0 Å². The van der Waals surface area contributed by atoms with E-state index in [4.69, 9.17) is 16.6 Å². The third-order valence-electron chi connectivity index (χ3n) is 4.76. The first kappa shape index (κ1) is 19.6. The Kier molecular flexibility index (Phi) is 5.65. The zero-order valence-corrected chi connectivity index (χ0v) is 17.1. The Morgan fingerprint density at radius 2 is 2.00 bits per heavy atom. The van der Waals surface area contributed by atoms with Crippen LogP contribution >= 0.6 is 24.0 Å². The molecule has 2 fully saturated rings. The van der Waals surface area contributed by atoms with Gasteiger partial charge in [-0.1, -0.05) is 36.1 Å². The molecule has 2 aliphatic rings. The van der Waals surface area contributed by atoms with Crippen LogP contribution in [0.5, 0.6) is 0 Å². The smallest absolute Gasteiger partial charge is 0.266 e. The van der Waals surface area contributed by atoms with E-state index >= 15 is 0 Å². The van der Waals surface area contributed by atoms with Gasteiger partial charge in [0.05, 0.1) is 11.4 Å². The van der Waals surface area contributed by atoms with Crippen LogP contribution in [0.15, 0.2) is 33.6 Å². The van der Waals surface area contributed by atoms with Crippen LogP contribution in [0, 0.1) is 17.1 Å². The number of thioether (sulfide) groups is 1. The van der Waals surface area contributed by atoms with Gasteiger partial charge in [0, 0.05) is 19.2 Å². The summed E-state index contributed by atoms with van der Waals surface area (Å²) < 4.78 is 19.3. The molecule has 6 nitrogen and oxygen atoms in total. The topological polar surface area (TPSA) is 73.4 Å². The lowest BCUT2D eigenvalue weighted by molar-refractivity contribution is -0.122. The number of anilines is 1. The number of carbonyl (C=O) groups is 1. The van der Waals surface area contributed by atoms with Crippen molar-refractivity contribution >= 4 is 46.2 Å². The van der Waals surface area contributed by atoms with Crippen LogP contribution in [-0.4, -0.2) is 33.2 Å². The Morgan fingerprint density at radius 3 is 2.69 bits per heavy atom. The Morgan fingerprint density at radius 1 is 1.28 bits per heavy atom. The summed E-state index contributed by atoms with van der Waals surface area (Å²) in [5.41, 5.74) is 0.999. The molecule has 4 rings (SSSR count). The number of halogens is 1. The molecule has 0 bridgehead atoms. The summed E-state index contributed by atoms with van der Waals surface area (Å²) in [5.74, 6) is 0.0749. The lowest BCUT2D eigenvalue weighted by Gasteiger charge is -2.25. The van der Waals surface area contributed by atoms with Gasteiger partial charge in [-0.05, 0) is 37.0 Å². The van der Waals surface area contributed by atoms with E-state index in [0.29, 0.717) is 15.1 Å². The fourth-order valence-corrected chi connectivity index (χ4v) is 4.51. The molecule has 0 saturated carbocycles. The molecule has 0 atom stereocenters. The van der Waals surface area contributed by atoms with Crippen molar-refractivity contribution in [3.05, 3.63) is 52.1 Å². The number of hydrogen-bond donors (Lipinski definition) is 0. The lowest BCUT2D eigenvalue weighted by atomic mass is 10.1. The molecule has 0 unspecified atom stereocenters. The van der Waals surface area contributed by atoms with Gasteiger partial charge >= 0.3 is 0 Å². The number of amides is 1. The van der Waals surface area contributed by atoms with Crippen LogP contribution in [0.4, 0.5) is 10.3 Å². The molecule has 1 aromatic heterocycles. The largest absolute Gasteiger partial charge is 0.420 e. The lowest BCUT2D eigenvalue weighted by Crippen LogP contribution is -2.29. The molecule has 0 spiro atoms. The van der Waals surface area contributed by atoms with Gasteiger partial charge < -0.3 is 9.32 Å². The van der Waals surface area contributed by atoms with E-state index in [9.17, 15) is 14.4 Å². The number of rotatable bonds is 4. The predicted octanol–water partition coefficient (Wildman–Crippen LogP) is 4.08. The van der Waals surface area contributed by atoms with E-state index < -0.39 is 0 Å². The molecule has 29 heavy (non-hydrogen) atoms. The number of nitriles is 1. The summed E-state index contributed by atoms with van der Waals surface area (Å²) in [6, 6.07) is 8.01. The van der Waals surface area contributed by atoms with Crippen LogP contribution in [0.3, 0.4) is 0 Å². The second-order valence-electron chi connectivity index (χ2n) is 6.76. The van der Waals surface area contributed by atoms with Crippen molar-refractivity contribution in [1.82, 2.24) is 9.88 Å². The first-order valence-corrected chi connectivity index (χ1v) is 10.4. The fraction of sp³-hybridized carbons (Fsp3) is 0.300. The maximum atomic E-state index is 13.1. The Balaban J connectivity index is 1.54. The molecule has 0 N–H and O–H groups in total. The number of hydrogen-bond acceptors (Lipinski definition) is 7. The molecule has 1 amide bonds. The molecule has 148 valence electrons. The van der Waals surface area contributed by atoms with Crippen LogP contribution in [0.1, 0.15) is 36.4 Å². The zero-order chi connectivity index (χ0) is 20.4. The minimum absolute atomic E-state index is 0.212. The highest BCUT2D eigenvalue weighted by Crippen LogP contribution is 2.34. The fourth-order valence-electron chi connectivity index (χ4n) is 3.29. The van der Waals surface area contributed by atoms with Crippen molar-refractivity contribution in [3.63, 3.8) is 0 Å². The second kappa shape index (κ2) is 8.35. The summed E-state index contributed by atoms with van der Waals surface area (Å²) in [5, 5.41) is 9.40. The molecule has 1 aromatic carbocycles. The van der Waals surface area contributed by atoms with E-state index in [-0.39, 0.29) is 29.9 Å². The molecule has 3 heterocycles. The van der Waals surface area contributed by atoms with E-state index in [1.165, 1.54) is 23.1 Å². The number of oxazole rings is 1. The summed E-state index contributed by atoms with van der Waals surface area (Å²) in [6.45, 7) is 1.91. The van der Waals surface area contributed by atoms with Crippen LogP contribution in [0.2, 0.25) is 0 Å². The molecule has 0 radical (unpaired) electrons. The molecular formula is C20H17FN4O2S2. The van der Waals surface area contributed by atoms with Gasteiger partial charge in [-0.2, -0.15) is 10.2 Å². The number of carbonyl (C=O) groups excluding carboxylic acids is 1. The average molecular weight is 429 g/mol. The van der Waals surface area contributed by atoms with Crippen molar-refractivity contribution < 1.29 is 13.6 Å². The van der Waals surface area contributed by atoms with Gasteiger partial charge in [-0.25, -0.2) is 4.39 Å². The maximum Gasteiger partial charge on any atom is 0.266 e. The molecule has 2 aromatic rings. The third kappa shape index (κ3) is 4.18. The minimum atomic E-state index is -0.333. The normalized spacial score (nSPS) is 18.6. The first-order valence-electron chi connectivity index (χ1n) is 9.21. The molecule has 0 aliphatic carbocycles. The molecular weight excluding hydrogens is 411 g/mol. The van der Waals surface area contributed by atoms with Crippen molar-refractivity contribution in [1.29, 1.82) is 5.26 Å². The SMILES string of the molecule is N#Cc1nc(C=C2SC(=S)N(Cc3ccc(F)cc3)C2=O)oc1N1CCCCC1. The predicted molar refractivity (Wildman–Crippen MR) is 112 cm³/mol. The summed E-state index contributed by atoms with van der Waals surface area (Å²) in [4.78, 5) is 20.9. The molecule has 2 saturated heterocycles. The van der Waals surface area contributed by atoms with Crippen LogP contribution < -0.4 is 4.90 Å². The van der Waals surface area contributed by atoms with Crippen LogP contribution in [0.25, 0.3) is 6.08 Å². The standard InChI is InChI=1S/C20H17FN4O2S2/c21-14-6-4-13(5-7-14)12-25-18(26)16(29-20(25)28)10-17-23-15(11-22)19(27-17)24-8-2-1-3-9-24/h4-7,10H,1-3,8-9,12H2. The highest BCUT2D eigenvalue weighted by Gasteiger charge is 2.33. The van der Waals surface area contributed by atoms with E-state index in [0.717, 1.165) is 49.7 Å². The monoisotopic (exact) mass is 428 g/mol. The minimum Gasteiger partial charge on any atom is -0.420 e. The first-order chi connectivity index (χ1) is 14.0. The van der Waals surface area contributed by atoms with Gasteiger partial charge in [0.1, 0.15) is 16.2 Å². The van der Waals surface area contributed by atoms with Gasteiger partial charge in [0.25, 0.3) is 5.91 Å². The second-order valence-corrected chi connectivity index (χ2v) is 8.44. The number of aromatic nitrogens is 1. The number of benzene rings is 1. The van der Waals surface area contributed by atoms with E-state index in [2.05, 4.69) is 11.1 Å². The Labute approximate surface area is 177 Å². The quantitative estimate of drug-likeness (QED) is 0.537. The van der Waals surface area contributed by atoms with Crippen molar-refractivity contribution in [3.8, 4) is 6.07 Å². The van der Waals surface area contributed by atoms with Gasteiger partial charge in [0.15, 0.2) is 0 Å². The number of thiocarbonyl (C=S) groups is 1. The Bertz CT molecular complexity index is 1020.